The van der Waals surface area contributed by atoms with E-state index in [0.717, 1.165) is 18.7 Å². The minimum Gasteiger partial charge on any atom is -0.384 e. The lowest BCUT2D eigenvalue weighted by Gasteiger charge is -2.18. The second kappa shape index (κ2) is 7.09. The molecule has 0 fully saturated rings. The Kier molecular flexibility index (Phi) is 6.09. The molecular formula is C13H19BrFNO. The molecular weight excluding hydrogens is 285 g/mol. The second-order valence-corrected chi connectivity index (χ2v) is 5.22. The number of rotatable bonds is 6. The fourth-order valence-electron chi connectivity index (χ4n) is 1.62. The van der Waals surface area contributed by atoms with Crippen molar-refractivity contribution in [2.45, 2.75) is 19.9 Å². The van der Waals surface area contributed by atoms with Crippen molar-refractivity contribution in [1.82, 2.24) is 5.32 Å². The predicted octanol–water partition coefficient (Wildman–Crippen LogP) is 3.52. The molecule has 0 aliphatic heterocycles. The average Bonchev–Trinajstić information content (AvgIpc) is 2.30. The van der Waals surface area contributed by atoms with E-state index >= 15 is 0 Å². The molecule has 17 heavy (non-hydrogen) atoms. The Balaban J connectivity index is 2.52. The van der Waals surface area contributed by atoms with Crippen LogP contribution in [0.2, 0.25) is 0 Å². The van der Waals surface area contributed by atoms with Crippen molar-refractivity contribution in [3.05, 3.63) is 34.1 Å². The molecule has 0 aliphatic rings. The predicted molar refractivity (Wildman–Crippen MR) is 71.6 cm³/mol. The molecule has 1 N–H and O–H groups in total. The molecule has 0 radical (unpaired) electrons. The van der Waals surface area contributed by atoms with Gasteiger partial charge >= 0.3 is 0 Å². The lowest BCUT2D eigenvalue weighted by molar-refractivity contribution is 0.157. The monoisotopic (exact) mass is 303 g/mol. The minimum absolute atomic E-state index is 0.200. The van der Waals surface area contributed by atoms with Crippen LogP contribution in [0.5, 0.6) is 0 Å². The van der Waals surface area contributed by atoms with Gasteiger partial charge in [0.25, 0.3) is 0 Å². The Morgan fingerprint density at radius 1 is 1.41 bits per heavy atom. The maximum atomic E-state index is 13.1. The van der Waals surface area contributed by atoms with Crippen LogP contribution < -0.4 is 5.32 Å². The van der Waals surface area contributed by atoms with Gasteiger partial charge in [-0.3, -0.25) is 0 Å². The van der Waals surface area contributed by atoms with E-state index in [-0.39, 0.29) is 11.9 Å². The topological polar surface area (TPSA) is 21.3 Å². The fourth-order valence-corrected chi connectivity index (χ4v) is 2.02. The minimum atomic E-state index is -0.228. The van der Waals surface area contributed by atoms with E-state index in [1.807, 2.05) is 6.07 Å². The number of hydrogen-bond acceptors (Lipinski definition) is 2. The maximum absolute atomic E-state index is 13.1. The van der Waals surface area contributed by atoms with E-state index in [9.17, 15) is 4.39 Å². The first-order valence-electron chi connectivity index (χ1n) is 5.72. The van der Waals surface area contributed by atoms with Crippen LogP contribution in [0, 0.1) is 11.7 Å². The Morgan fingerprint density at radius 3 is 2.71 bits per heavy atom. The summed E-state index contributed by atoms with van der Waals surface area (Å²) in [5.41, 5.74) is 1.07. The van der Waals surface area contributed by atoms with Crippen LogP contribution in [0.3, 0.4) is 0 Å². The summed E-state index contributed by atoms with van der Waals surface area (Å²) in [6.07, 6.45) is 0. The third-order valence-electron chi connectivity index (χ3n) is 2.67. The van der Waals surface area contributed by atoms with Gasteiger partial charge in [-0.15, -0.1) is 0 Å². The van der Waals surface area contributed by atoms with Crippen molar-refractivity contribution in [2.75, 3.05) is 20.3 Å². The lowest BCUT2D eigenvalue weighted by Crippen LogP contribution is -2.26. The van der Waals surface area contributed by atoms with Crippen molar-refractivity contribution in [1.29, 1.82) is 0 Å². The zero-order valence-corrected chi connectivity index (χ0v) is 12.1. The van der Waals surface area contributed by atoms with Gasteiger partial charge in [-0.1, -0.05) is 13.0 Å². The van der Waals surface area contributed by atoms with Crippen molar-refractivity contribution < 1.29 is 9.13 Å². The Labute approximate surface area is 111 Å². The Hall–Kier alpha value is -0.450. The van der Waals surface area contributed by atoms with Gasteiger partial charge in [-0.05, 0) is 46.5 Å². The summed E-state index contributed by atoms with van der Waals surface area (Å²) in [4.78, 5) is 0. The van der Waals surface area contributed by atoms with E-state index in [0.29, 0.717) is 10.4 Å². The van der Waals surface area contributed by atoms with Gasteiger partial charge in [0.2, 0.25) is 0 Å². The molecule has 0 saturated heterocycles. The number of ether oxygens (including phenoxy) is 1. The van der Waals surface area contributed by atoms with Crippen molar-refractivity contribution >= 4 is 15.9 Å². The zero-order chi connectivity index (χ0) is 12.8. The van der Waals surface area contributed by atoms with Crippen LogP contribution >= 0.6 is 15.9 Å². The third-order valence-corrected chi connectivity index (χ3v) is 3.28. The van der Waals surface area contributed by atoms with E-state index < -0.39 is 0 Å². The first kappa shape index (κ1) is 14.6. The molecule has 0 bridgehead atoms. The highest BCUT2D eigenvalue weighted by Gasteiger charge is 2.09. The van der Waals surface area contributed by atoms with E-state index in [1.54, 1.807) is 13.2 Å². The van der Waals surface area contributed by atoms with Gasteiger partial charge in [0, 0.05) is 26.3 Å². The highest BCUT2D eigenvalue weighted by molar-refractivity contribution is 9.10. The SMILES string of the molecule is COCC(C)CNC(C)c1ccc(F)c(Br)c1. The molecule has 4 heteroatoms. The quantitative estimate of drug-likeness (QED) is 0.868. The summed E-state index contributed by atoms with van der Waals surface area (Å²) in [6.45, 7) is 5.82. The summed E-state index contributed by atoms with van der Waals surface area (Å²) < 4.78 is 18.7. The molecule has 2 atom stereocenters. The van der Waals surface area contributed by atoms with Gasteiger partial charge in [0.05, 0.1) is 4.47 Å². The third kappa shape index (κ3) is 4.74. The molecule has 1 aromatic carbocycles. The van der Waals surface area contributed by atoms with Crippen LogP contribution in [0.15, 0.2) is 22.7 Å². The van der Waals surface area contributed by atoms with Gasteiger partial charge < -0.3 is 10.1 Å². The number of methoxy groups -OCH3 is 1. The van der Waals surface area contributed by atoms with Gasteiger partial charge in [-0.25, -0.2) is 4.39 Å². The van der Waals surface area contributed by atoms with Gasteiger partial charge in [-0.2, -0.15) is 0 Å². The standard InChI is InChI=1S/C13H19BrFNO/c1-9(8-17-3)7-16-10(2)11-4-5-13(15)12(14)6-11/h4-6,9-10,16H,7-8H2,1-3H3. The summed E-state index contributed by atoms with van der Waals surface area (Å²) in [7, 11) is 1.71. The van der Waals surface area contributed by atoms with E-state index in [1.165, 1.54) is 6.07 Å². The van der Waals surface area contributed by atoms with Crippen LogP contribution in [0.4, 0.5) is 4.39 Å². The van der Waals surface area contributed by atoms with Crippen LogP contribution in [-0.2, 0) is 4.74 Å². The highest BCUT2D eigenvalue weighted by Crippen LogP contribution is 2.21. The second-order valence-electron chi connectivity index (χ2n) is 4.36. The molecule has 0 amide bonds. The molecule has 0 spiro atoms. The molecule has 1 aromatic rings. The fraction of sp³-hybridized carbons (Fsp3) is 0.538. The summed E-state index contributed by atoms with van der Waals surface area (Å²) >= 11 is 3.20. The number of halogens is 2. The summed E-state index contributed by atoms with van der Waals surface area (Å²) in [5, 5.41) is 3.41. The van der Waals surface area contributed by atoms with Gasteiger partial charge in [0.1, 0.15) is 5.82 Å². The summed E-state index contributed by atoms with van der Waals surface area (Å²) in [6, 6.07) is 5.30. The van der Waals surface area contributed by atoms with E-state index in [4.69, 9.17) is 4.74 Å². The molecule has 2 nitrogen and oxygen atoms in total. The van der Waals surface area contributed by atoms with Crippen molar-refractivity contribution in [2.24, 2.45) is 5.92 Å². The average molecular weight is 304 g/mol. The van der Waals surface area contributed by atoms with Crippen LogP contribution in [-0.4, -0.2) is 20.3 Å². The first-order valence-corrected chi connectivity index (χ1v) is 6.51. The molecule has 0 heterocycles. The highest BCUT2D eigenvalue weighted by atomic mass is 79.9. The van der Waals surface area contributed by atoms with Crippen LogP contribution in [0.25, 0.3) is 0 Å². The largest absolute Gasteiger partial charge is 0.384 e. The molecule has 0 aliphatic carbocycles. The van der Waals surface area contributed by atoms with Gasteiger partial charge in [0.15, 0.2) is 0 Å². The number of nitrogens with one attached hydrogen (secondary N) is 1. The van der Waals surface area contributed by atoms with Crippen LogP contribution in [0.1, 0.15) is 25.5 Å². The zero-order valence-electron chi connectivity index (χ0n) is 10.5. The smallest absolute Gasteiger partial charge is 0.137 e. The maximum Gasteiger partial charge on any atom is 0.137 e. The molecule has 96 valence electrons. The summed E-state index contributed by atoms with van der Waals surface area (Å²) in [5.74, 6) is 0.236. The molecule has 0 saturated carbocycles. The Bertz CT molecular complexity index is 359. The normalized spacial score (nSPS) is 14.6. The number of benzene rings is 1. The molecule has 0 aromatic heterocycles. The molecule has 1 rings (SSSR count). The van der Waals surface area contributed by atoms with Crippen molar-refractivity contribution in [3.63, 3.8) is 0 Å². The van der Waals surface area contributed by atoms with Crippen molar-refractivity contribution in [3.8, 4) is 0 Å². The molecule has 2 unspecified atom stereocenters. The Morgan fingerprint density at radius 2 is 2.12 bits per heavy atom. The number of hydrogen-bond donors (Lipinski definition) is 1. The first-order chi connectivity index (χ1) is 8.04. The van der Waals surface area contributed by atoms with E-state index in [2.05, 4.69) is 35.1 Å². The lowest BCUT2D eigenvalue weighted by atomic mass is 10.1.